The van der Waals surface area contributed by atoms with Crippen LogP contribution in [0.5, 0.6) is 0 Å². The Kier molecular flexibility index (Phi) is 4.15. The third-order valence-corrected chi connectivity index (χ3v) is 4.74. The van der Waals surface area contributed by atoms with Gasteiger partial charge in [0.25, 0.3) is 0 Å². The number of carbonyl (C=O) groups excluding carboxylic acids is 1. The van der Waals surface area contributed by atoms with E-state index in [2.05, 4.69) is 20.8 Å². The monoisotopic (exact) mass is 251 g/mol. The van der Waals surface area contributed by atoms with Gasteiger partial charge >= 0.3 is 0 Å². The molecule has 2 saturated carbocycles. The molecule has 0 aromatic heterocycles. The van der Waals surface area contributed by atoms with E-state index in [4.69, 9.17) is 5.73 Å². The topological polar surface area (TPSA) is 43.1 Å². The molecule has 2 fully saturated rings. The molecule has 4 atom stereocenters. The minimum absolute atomic E-state index is 0.0519. The molecule has 2 aliphatic rings. The van der Waals surface area contributed by atoms with E-state index in [1.54, 1.807) is 0 Å². The molecule has 2 rings (SSSR count). The first-order valence-corrected chi connectivity index (χ1v) is 7.61. The normalized spacial score (nSPS) is 32.8. The van der Waals surface area contributed by atoms with Crippen LogP contribution < -0.4 is 5.73 Å². The summed E-state index contributed by atoms with van der Waals surface area (Å²) in [6.45, 7) is 6.56. The van der Waals surface area contributed by atoms with Crippen LogP contribution in [0.1, 0.15) is 65.7 Å². The Balaban J connectivity index is 1.72. The number of nitrogens with two attached hydrogens (primary N) is 1. The van der Waals surface area contributed by atoms with Crippen LogP contribution in [0.2, 0.25) is 0 Å². The highest BCUT2D eigenvalue weighted by Crippen LogP contribution is 2.49. The van der Waals surface area contributed by atoms with E-state index in [9.17, 15) is 4.79 Å². The fourth-order valence-electron chi connectivity index (χ4n) is 4.15. The Morgan fingerprint density at radius 2 is 2.00 bits per heavy atom. The summed E-state index contributed by atoms with van der Waals surface area (Å²) in [5.74, 6) is 2.90. The lowest BCUT2D eigenvalue weighted by molar-refractivity contribution is -0.120. The van der Waals surface area contributed by atoms with Gasteiger partial charge in [-0.1, -0.05) is 27.2 Å². The van der Waals surface area contributed by atoms with Gasteiger partial charge in [0, 0.05) is 18.9 Å². The molecule has 0 aromatic rings. The average molecular weight is 251 g/mol. The van der Waals surface area contributed by atoms with Crippen molar-refractivity contribution in [3.8, 4) is 0 Å². The molecule has 0 aromatic carbocycles. The summed E-state index contributed by atoms with van der Waals surface area (Å²) < 4.78 is 0. The zero-order chi connectivity index (χ0) is 13.3. The van der Waals surface area contributed by atoms with Crippen LogP contribution in [0, 0.1) is 23.2 Å². The third kappa shape index (κ3) is 3.81. The lowest BCUT2D eigenvalue weighted by Gasteiger charge is -2.24. The van der Waals surface area contributed by atoms with Gasteiger partial charge in [-0.2, -0.15) is 0 Å². The summed E-state index contributed by atoms with van der Waals surface area (Å²) in [6, 6.07) is 0.0519. The highest BCUT2D eigenvalue weighted by molar-refractivity contribution is 5.79. The Labute approximate surface area is 112 Å². The number of Topliss-reactive ketones (excluding diaryl/α,β-unsaturated/α-hetero) is 1. The van der Waals surface area contributed by atoms with Crippen LogP contribution >= 0.6 is 0 Å². The average Bonchev–Trinajstić information content (AvgIpc) is 2.74. The van der Waals surface area contributed by atoms with Gasteiger partial charge in [-0.25, -0.2) is 0 Å². The standard InChI is InChI=1S/C16H29NO/c1-16(2,3)10-14(17)9-15(18)8-13-7-11-4-5-12(13)6-11/h11-14H,4-10,17H2,1-3H3. The fourth-order valence-corrected chi connectivity index (χ4v) is 4.15. The quantitative estimate of drug-likeness (QED) is 0.812. The maximum atomic E-state index is 12.1. The van der Waals surface area contributed by atoms with E-state index in [0.717, 1.165) is 24.7 Å². The Hall–Kier alpha value is -0.370. The molecular weight excluding hydrogens is 222 g/mol. The first-order chi connectivity index (χ1) is 8.33. The molecule has 2 N–H and O–H groups in total. The molecule has 2 aliphatic carbocycles. The van der Waals surface area contributed by atoms with Crippen molar-refractivity contribution < 1.29 is 4.79 Å². The second-order valence-corrected chi connectivity index (χ2v) is 7.91. The molecule has 2 bridgehead atoms. The number of ketones is 1. The smallest absolute Gasteiger partial charge is 0.134 e. The summed E-state index contributed by atoms with van der Waals surface area (Å²) >= 11 is 0. The molecule has 4 unspecified atom stereocenters. The van der Waals surface area contributed by atoms with Crippen molar-refractivity contribution in [3.05, 3.63) is 0 Å². The van der Waals surface area contributed by atoms with Crippen molar-refractivity contribution in [2.24, 2.45) is 28.9 Å². The lowest BCUT2D eigenvalue weighted by atomic mass is 9.82. The van der Waals surface area contributed by atoms with Crippen molar-refractivity contribution >= 4 is 5.78 Å². The summed E-state index contributed by atoms with van der Waals surface area (Å²) in [4.78, 5) is 12.1. The predicted molar refractivity (Wildman–Crippen MR) is 75.2 cm³/mol. The molecule has 2 heteroatoms. The van der Waals surface area contributed by atoms with E-state index in [-0.39, 0.29) is 11.5 Å². The summed E-state index contributed by atoms with van der Waals surface area (Å²) in [6.07, 6.45) is 7.83. The van der Waals surface area contributed by atoms with Gasteiger partial charge in [-0.05, 0) is 48.9 Å². The summed E-state index contributed by atoms with van der Waals surface area (Å²) in [7, 11) is 0. The van der Waals surface area contributed by atoms with Gasteiger partial charge in [0.05, 0.1) is 0 Å². The first-order valence-electron chi connectivity index (χ1n) is 7.61. The zero-order valence-electron chi connectivity index (χ0n) is 12.2. The first kappa shape index (κ1) is 14.0. The SMILES string of the molecule is CC(C)(C)CC(N)CC(=O)CC1CC2CCC1C2. The van der Waals surface area contributed by atoms with Crippen molar-refractivity contribution in [1.29, 1.82) is 0 Å². The van der Waals surface area contributed by atoms with Crippen molar-refractivity contribution in [1.82, 2.24) is 0 Å². The van der Waals surface area contributed by atoms with Crippen LogP contribution in [0.3, 0.4) is 0 Å². The largest absolute Gasteiger partial charge is 0.327 e. The minimum atomic E-state index is 0.0519. The van der Waals surface area contributed by atoms with Gasteiger partial charge in [0.2, 0.25) is 0 Å². The van der Waals surface area contributed by atoms with Crippen LogP contribution in [0.25, 0.3) is 0 Å². The van der Waals surface area contributed by atoms with E-state index in [1.165, 1.54) is 25.7 Å². The van der Waals surface area contributed by atoms with Gasteiger partial charge in [0.1, 0.15) is 5.78 Å². The summed E-state index contributed by atoms with van der Waals surface area (Å²) in [5, 5.41) is 0. The molecule has 0 amide bonds. The van der Waals surface area contributed by atoms with E-state index >= 15 is 0 Å². The van der Waals surface area contributed by atoms with Crippen molar-refractivity contribution in [2.75, 3.05) is 0 Å². The third-order valence-electron chi connectivity index (χ3n) is 4.74. The van der Waals surface area contributed by atoms with Crippen LogP contribution in [0.15, 0.2) is 0 Å². The summed E-state index contributed by atoms with van der Waals surface area (Å²) in [5.41, 5.74) is 6.32. The number of rotatable bonds is 5. The molecule has 0 heterocycles. The fraction of sp³-hybridized carbons (Fsp3) is 0.938. The van der Waals surface area contributed by atoms with Crippen LogP contribution in [0.4, 0.5) is 0 Å². The zero-order valence-corrected chi connectivity index (χ0v) is 12.2. The number of hydrogen-bond donors (Lipinski definition) is 1. The van der Waals surface area contributed by atoms with Gasteiger partial charge < -0.3 is 5.73 Å². The molecular formula is C16H29NO. The van der Waals surface area contributed by atoms with Gasteiger partial charge in [0.15, 0.2) is 0 Å². The van der Waals surface area contributed by atoms with Gasteiger partial charge in [-0.3, -0.25) is 4.79 Å². The number of carbonyl (C=O) groups is 1. The Morgan fingerprint density at radius 3 is 2.50 bits per heavy atom. The number of hydrogen-bond acceptors (Lipinski definition) is 2. The molecule has 104 valence electrons. The highest BCUT2D eigenvalue weighted by Gasteiger charge is 2.40. The van der Waals surface area contributed by atoms with E-state index in [1.807, 2.05) is 0 Å². The van der Waals surface area contributed by atoms with Crippen molar-refractivity contribution in [2.45, 2.75) is 71.8 Å². The highest BCUT2D eigenvalue weighted by atomic mass is 16.1. The Bertz CT molecular complexity index is 305. The molecule has 0 aliphatic heterocycles. The van der Waals surface area contributed by atoms with E-state index in [0.29, 0.717) is 18.1 Å². The maximum absolute atomic E-state index is 12.1. The van der Waals surface area contributed by atoms with Crippen LogP contribution in [-0.4, -0.2) is 11.8 Å². The molecule has 0 saturated heterocycles. The Morgan fingerprint density at radius 1 is 1.28 bits per heavy atom. The van der Waals surface area contributed by atoms with Gasteiger partial charge in [-0.15, -0.1) is 0 Å². The predicted octanol–water partition coefficient (Wildman–Crippen LogP) is 3.54. The van der Waals surface area contributed by atoms with E-state index < -0.39 is 0 Å². The number of fused-ring (bicyclic) bond motifs is 2. The molecule has 0 spiro atoms. The second-order valence-electron chi connectivity index (χ2n) is 7.91. The molecule has 2 nitrogen and oxygen atoms in total. The molecule has 18 heavy (non-hydrogen) atoms. The maximum Gasteiger partial charge on any atom is 0.134 e. The lowest BCUT2D eigenvalue weighted by Crippen LogP contribution is -2.29. The molecule has 0 radical (unpaired) electrons. The van der Waals surface area contributed by atoms with Crippen LogP contribution in [-0.2, 0) is 4.79 Å². The minimum Gasteiger partial charge on any atom is -0.327 e. The second kappa shape index (κ2) is 5.32. The van der Waals surface area contributed by atoms with Crippen molar-refractivity contribution in [3.63, 3.8) is 0 Å².